The van der Waals surface area contributed by atoms with Crippen LogP contribution in [0.5, 0.6) is 0 Å². The van der Waals surface area contributed by atoms with Crippen LogP contribution in [0.4, 0.5) is 10.7 Å². The summed E-state index contributed by atoms with van der Waals surface area (Å²) in [5.41, 5.74) is 8.97. The number of aryl methyl sites for hydroxylation is 1. The number of carbonyl (C=O) groups excluding carboxylic acids is 1. The molecule has 0 radical (unpaired) electrons. The molecule has 0 bridgehead atoms. The summed E-state index contributed by atoms with van der Waals surface area (Å²) in [6.45, 7) is 4.56. The SMILES string of the molecule is CCC(=O)c1sc(NCc2cnn(C)c2C)c(SC)c1N. The molecule has 0 amide bonds. The van der Waals surface area contributed by atoms with Crippen LogP contribution < -0.4 is 11.1 Å². The van der Waals surface area contributed by atoms with Crippen LogP contribution in [0.15, 0.2) is 11.1 Å². The Hall–Kier alpha value is -1.47. The van der Waals surface area contributed by atoms with Crippen molar-refractivity contribution >= 4 is 39.6 Å². The second-order valence-electron chi connectivity index (χ2n) is 4.72. The molecule has 0 unspecified atom stereocenters. The predicted octanol–water partition coefficient (Wildman–Crippen LogP) is 3.30. The van der Waals surface area contributed by atoms with E-state index in [-0.39, 0.29) is 5.78 Å². The standard InChI is InChI=1S/C14H20N4OS2/c1-5-10(19)12-11(15)13(20-4)14(21-12)16-6-9-7-17-18(3)8(9)2/h7,16H,5-6,15H2,1-4H3. The summed E-state index contributed by atoms with van der Waals surface area (Å²) in [4.78, 5) is 13.5. The molecule has 0 aromatic carbocycles. The van der Waals surface area contributed by atoms with Crippen LogP contribution >= 0.6 is 23.1 Å². The molecule has 2 aromatic rings. The number of nitrogens with one attached hydrogen (secondary N) is 1. The maximum atomic E-state index is 11.9. The Labute approximate surface area is 132 Å². The van der Waals surface area contributed by atoms with Crippen LogP contribution in [0.3, 0.4) is 0 Å². The lowest BCUT2D eigenvalue weighted by atomic mass is 10.2. The number of thiophene rings is 1. The average molecular weight is 324 g/mol. The van der Waals surface area contributed by atoms with Gasteiger partial charge in [-0.3, -0.25) is 9.48 Å². The third-order valence-corrected chi connectivity index (χ3v) is 5.62. The number of aromatic nitrogens is 2. The van der Waals surface area contributed by atoms with Crippen LogP contribution in [0.25, 0.3) is 0 Å². The van der Waals surface area contributed by atoms with Crippen LogP contribution in [-0.2, 0) is 13.6 Å². The van der Waals surface area contributed by atoms with Gasteiger partial charge < -0.3 is 11.1 Å². The molecule has 0 aliphatic carbocycles. The van der Waals surface area contributed by atoms with Gasteiger partial charge in [0.25, 0.3) is 0 Å². The summed E-state index contributed by atoms with van der Waals surface area (Å²) in [7, 11) is 1.92. The summed E-state index contributed by atoms with van der Waals surface area (Å²) in [6.07, 6.45) is 4.30. The summed E-state index contributed by atoms with van der Waals surface area (Å²) in [6, 6.07) is 0. The maximum Gasteiger partial charge on any atom is 0.174 e. The Morgan fingerprint density at radius 2 is 2.29 bits per heavy atom. The number of nitrogens with zero attached hydrogens (tertiary/aromatic N) is 2. The number of anilines is 2. The Morgan fingerprint density at radius 1 is 1.57 bits per heavy atom. The van der Waals surface area contributed by atoms with Crippen molar-refractivity contribution in [1.29, 1.82) is 0 Å². The first-order chi connectivity index (χ1) is 9.99. The van der Waals surface area contributed by atoms with Gasteiger partial charge in [-0.1, -0.05) is 6.92 Å². The van der Waals surface area contributed by atoms with Crippen molar-refractivity contribution in [3.05, 3.63) is 22.3 Å². The fraction of sp³-hybridized carbons (Fsp3) is 0.429. The summed E-state index contributed by atoms with van der Waals surface area (Å²) >= 11 is 3.01. The van der Waals surface area contributed by atoms with Crippen molar-refractivity contribution in [3.63, 3.8) is 0 Å². The third kappa shape index (κ3) is 3.08. The monoisotopic (exact) mass is 324 g/mol. The van der Waals surface area contributed by atoms with E-state index in [9.17, 15) is 4.79 Å². The second kappa shape index (κ2) is 6.53. The van der Waals surface area contributed by atoms with Crippen LogP contribution in [0, 0.1) is 6.92 Å². The summed E-state index contributed by atoms with van der Waals surface area (Å²) < 4.78 is 1.85. The van der Waals surface area contributed by atoms with Gasteiger partial charge in [0.2, 0.25) is 0 Å². The quantitative estimate of drug-likeness (QED) is 0.630. The van der Waals surface area contributed by atoms with Gasteiger partial charge in [0, 0.05) is 31.3 Å². The lowest BCUT2D eigenvalue weighted by Gasteiger charge is -2.06. The van der Waals surface area contributed by atoms with Gasteiger partial charge >= 0.3 is 0 Å². The number of hydrogen-bond acceptors (Lipinski definition) is 6. The van der Waals surface area contributed by atoms with Crippen LogP contribution in [0.1, 0.15) is 34.3 Å². The topological polar surface area (TPSA) is 72.9 Å². The molecule has 2 heterocycles. The molecule has 3 N–H and O–H groups in total. The van der Waals surface area contributed by atoms with Crippen molar-refractivity contribution in [2.75, 3.05) is 17.3 Å². The molecule has 2 aromatic heterocycles. The first-order valence-corrected chi connectivity index (χ1v) is 8.74. The average Bonchev–Trinajstić information content (AvgIpc) is 2.97. The van der Waals surface area contributed by atoms with Crippen molar-refractivity contribution in [2.45, 2.75) is 31.7 Å². The maximum absolute atomic E-state index is 11.9. The minimum Gasteiger partial charge on any atom is -0.396 e. The zero-order chi connectivity index (χ0) is 15.6. The number of nitrogens with two attached hydrogens (primary N) is 1. The smallest absolute Gasteiger partial charge is 0.174 e. The fourth-order valence-electron chi connectivity index (χ4n) is 2.01. The first kappa shape index (κ1) is 15.9. The van der Waals surface area contributed by atoms with Gasteiger partial charge in [-0.25, -0.2) is 0 Å². The fourth-order valence-corrected chi connectivity index (χ4v) is 4.05. The van der Waals surface area contributed by atoms with Crippen molar-refractivity contribution in [1.82, 2.24) is 9.78 Å². The summed E-state index contributed by atoms with van der Waals surface area (Å²) in [5, 5.41) is 8.58. The largest absolute Gasteiger partial charge is 0.396 e. The number of Topliss-reactive ketones (excluding diaryl/α,β-unsaturated/α-hetero) is 1. The van der Waals surface area contributed by atoms with E-state index in [0.29, 0.717) is 23.5 Å². The molecule has 0 atom stereocenters. The van der Waals surface area contributed by atoms with E-state index >= 15 is 0 Å². The lowest BCUT2D eigenvalue weighted by Crippen LogP contribution is -2.01. The molecule has 2 rings (SSSR count). The zero-order valence-electron chi connectivity index (χ0n) is 12.7. The number of rotatable bonds is 6. The number of thioether (sulfide) groups is 1. The van der Waals surface area contributed by atoms with E-state index in [1.807, 2.05) is 38.0 Å². The van der Waals surface area contributed by atoms with E-state index < -0.39 is 0 Å². The number of carbonyl (C=O) groups is 1. The Kier molecular flexibility index (Phi) is 4.95. The molecule has 0 aliphatic rings. The van der Waals surface area contributed by atoms with Crippen molar-refractivity contribution in [2.24, 2.45) is 7.05 Å². The van der Waals surface area contributed by atoms with E-state index in [4.69, 9.17) is 5.73 Å². The molecule has 21 heavy (non-hydrogen) atoms. The highest BCUT2D eigenvalue weighted by atomic mass is 32.2. The minimum absolute atomic E-state index is 0.0957. The first-order valence-electron chi connectivity index (χ1n) is 6.70. The van der Waals surface area contributed by atoms with Gasteiger partial charge in [0.1, 0.15) is 5.00 Å². The van der Waals surface area contributed by atoms with E-state index in [1.54, 1.807) is 11.8 Å². The summed E-state index contributed by atoms with van der Waals surface area (Å²) in [5.74, 6) is 0.0957. The van der Waals surface area contributed by atoms with Crippen LogP contribution in [-0.4, -0.2) is 21.8 Å². The van der Waals surface area contributed by atoms with E-state index in [0.717, 1.165) is 21.2 Å². The minimum atomic E-state index is 0.0957. The molecule has 0 saturated carbocycles. The highest BCUT2D eigenvalue weighted by molar-refractivity contribution is 7.99. The number of ketones is 1. The van der Waals surface area contributed by atoms with Gasteiger partial charge in [-0.15, -0.1) is 23.1 Å². The molecule has 0 spiro atoms. The Morgan fingerprint density at radius 3 is 2.81 bits per heavy atom. The lowest BCUT2D eigenvalue weighted by molar-refractivity contribution is 0.0992. The van der Waals surface area contributed by atoms with Crippen molar-refractivity contribution in [3.8, 4) is 0 Å². The number of nitrogen functional groups attached to an aromatic ring is 1. The molecule has 7 heteroatoms. The molecule has 5 nitrogen and oxygen atoms in total. The predicted molar refractivity (Wildman–Crippen MR) is 90.4 cm³/mol. The van der Waals surface area contributed by atoms with Crippen LogP contribution in [0.2, 0.25) is 0 Å². The molecule has 0 saturated heterocycles. The van der Waals surface area contributed by atoms with Crippen molar-refractivity contribution < 1.29 is 4.79 Å². The highest BCUT2D eigenvalue weighted by Crippen LogP contribution is 2.42. The third-order valence-electron chi connectivity index (χ3n) is 3.45. The van der Waals surface area contributed by atoms with E-state index in [2.05, 4.69) is 10.4 Å². The molecule has 0 fully saturated rings. The van der Waals surface area contributed by atoms with Gasteiger partial charge in [-0.2, -0.15) is 5.10 Å². The normalized spacial score (nSPS) is 10.9. The van der Waals surface area contributed by atoms with Gasteiger partial charge in [-0.05, 0) is 13.2 Å². The second-order valence-corrected chi connectivity index (χ2v) is 6.55. The highest BCUT2D eigenvalue weighted by Gasteiger charge is 2.19. The molecule has 0 aliphatic heterocycles. The van der Waals surface area contributed by atoms with E-state index in [1.165, 1.54) is 11.3 Å². The molecule has 114 valence electrons. The zero-order valence-corrected chi connectivity index (χ0v) is 14.3. The van der Waals surface area contributed by atoms with Gasteiger partial charge in [0.05, 0.1) is 21.7 Å². The number of hydrogen-bond donors (Lipinski definition) is 2. The Balaban J connectivity index is 2.23. The van der Waals surface area contributed by atoms with Gasteiger partial charge in [0.15, 0.2) is 5.78 Å². The Bertz CT molecular complexity index is 660. The molecular weight excluding hydrogens is 304 g/mol. The molecular formula is C14H20N4OS2.